The Hall–Kier alpha value is -0.340. The number of hydrogen-bond donors (Lipinski definition) is 0. The van der Waals surface area contributed by atoms with Crippen LogP contribution in [0.25, 0.3) is 0 Å². The highest BCUT2D eigenvalue weighted by Gasteiger charge is 2.31. The molecule has 0 amide bonds. The van der Waals surface area contributed by atoms with Gasteiger partial charge in [-0.1, -0.05) is 30.3 Å². The Bertz CT molecular complexity index is 354. The molecule has 0 aliphatic carbocycles. The van der Waals surface area contributed by atoms with Crippen LogP contribution < -0.4 is 0 Å². The maximum atomic E-state index is 11.3. The molecule has 1 heterocycles. The SMILES string of the molecule is O=P1(Cl)OCC[C@@H](c2ccccc2)O1. The largest absolute Gasteiger partial charge is 0.424 e. The summed E-state index contributed by atoms with van der Waals surface area (Å²) in [4.78, 5) is 0. The van der Waals surface area contributed by atoms with Crippen molar-refractivity contribution in [2.45, 2.75) is 12.5 Å². The topological polar surface area (TPSA) is 35.5 Å². The summed E-state index contributed by atoms with van der Waals surface area (Å²) in [6, 6.07) is 9.59. The quantitative estimate of drug-likeness (QED) is 0.695. The lowest BCUT2D eigenvalue weighted by Crippen LogP contribution is -2.11. The van der Waals surface area contributed by atoms with Gasteiger partial charge in [0, 0.05) is 17.7 Å². The van der Waals surface area contributed by atoms with Gasteiger partial charge in [-0.05, 0) is 5.56 Å². The standard InChI is InChI=1S/C9H10ClO3P/c10-14(11)12-7-6-9(13-14)8-4-2-1-3-5-8/h1-5,9H,6-7H2/t9-,14?/m0/s1. The molecule has 0 radical (unpaired) electrons. The maximum absolute atomic E-state index is 11.3. The summed E-state index contributed by atoms with van der Waals surface area (Å²) in [7, 11) is 0. The summed E-state index contributed by atoms with van der Waals surface area (Å²) in [5, 5.41) is 0. The van der Waals surface area contributed by atoms with Crippen molar-refractivity contribution < 1.29 is 13.6 Å². The maximum Gasteiger partial charge on any atom is 0.424 e. The summed E-state index contributed by atoms with van der Waals surface area (Å²) in [6.07, 6.45) is 0.467. The van der Waals surface area contributed by atoms with E-state index in [9.17, 15) is 4.57 Å². The Morgan fingerprint density at radius 2 is 2.07 bits per heavy atom. The molecule has 1 fully saturated rings. The van der Waals surface area contributed by atoms with Crippen molar-refractivity contribution in [2.75, 3.05) is 6.61 Å². The van der Waals surface area contributed by atoms with E-state index in [1.807, 2.05) is 30.3 Å². The molecule has 1 aliphatic heterocycles. The summed E-state index contributed by atoms with van der Waals surface area (Å²) in [5.41, 5.74) is 0.983. The van der Waals surface area contributed by atoms with Gasteiger partial charge < -0.3 is 0 Å². The number of rotatable bonds is 1. The van der Waals surface area contributed by atoms with E-state index in [1.54, 1.807) is 0 Å². The van der Waals surface area contributed by atoms with Crippen LogP contribution in [0.4, 0.5) is 0 Å². The molecule has 0 bridgehead atoms. The highest BCUT2D eigenvalue weighted by molar-refractivity contribution is 7.81. The van der Waals surface area contributed by atoms with Crippen molar-refractivity contribution in [3.05, 3.63) is 35.9 Å². The molecule has 76 valence electrons. The molecule has 1 aromatic carbocycles. The fraction of sp³-hybridized carbons (Fsp3) is 0.333. The van der Waals surface area contributed by atoms with Crippen molar-refractivity contribution in [1.82, 2.24) is 0 Å². The number of benzene rings is 1. The lowest BCUT2D eigenvalue weighted by atomic mass is 10.1. The molecule has 1 unspecified atom stereocenters. The lowest BCUT2D eigenvalue weighted by Gasteiger charge is -2.25. The van der Waals surface area contributed by atoms with Crippen LogP contribution in [0.2, 0.25) is 0 Å². The first-order chi connectivity index (χ1) is 6.67. The van der Waals surface area contributed by atoms with Gasteiger partial charge in [0.2, 0.25) is 0 Å². The van der Waals surface area contributed by atoms with Crippen LogP contribution in [-0.2, 0) is 13.6 Å². The van der Waals surface area contributed by atoms with Crippen molar-refractivity contribution in [3.8, 4) is 0 Å². The molecule has 1 saturated heterocycles. The zero-order valence-corrected chi connectivity index (χ0v) is 9.08. The molecule has 5 heteroatoms. The summed E-state index contributed by atoms with van der Waals surface area (Å²) in [6.45, 7) is -2.96. The molecule has 0 N–H and O–H groups in total. The molecule has 1 aromatic rings. The highest BCUT2D eigenvalue weighted by Crippen LogP contribution is 2.59. The highest BCUT2D eigenvalue weighted by atomic mass is 35.7. The van der Waals surface area contributed by atoms with E-state index in [4.69, 9.17) is 20.3 Å². The lowest BCUT2D eigenvalue weighted by molar-refractivity contribution is 0.0913. The first-order valence-corrected chi connectivity index (χ1v) is 6.80. The smallest absolute Gasteiger partial charge is 0.297 e. The third kappa shape index (κ3) is 2.37. The van der Waals surface area contributed by atoms with E-state index in [-0.39, 0.29) is 6.10 Å². The molecule has 0 spiro atoms. The molecule has 0 aromatic heterocycles. The van der Waals surface area contributed by atoms with Crippen LogP contribution in [0.15, 0.2) is 30.3 Å². The number of halogens is 1. The molecule has 3 nitrogen and oxygen atoms in total. The predicted molar refractivity (Wildman–Crippen MR) is 54.3 cm³/mol. The average molecular weight is 233 g/mol. The van der Waals surface area contributed by atoms with Crippen LogP contribution >= 0.6 is 18.2 Å². The minimum Gasteiger partial charge on any atom is -0.297 e. The van der Waals surface area contributed by atoms with Crippen LogP contribution in [0, 0.1) is 0 Å². The van der Waals surface area contributed by atoms with Gasteiger partial charge in [-0.25, -0.2) is 4.57 Å². The zero-order chi connectivity index (χ0) is 10.0. The van der Waals surface area contributed by atoms with Gasteiger partial charge in [0.05, 0.1) is 12.7 Å². The van der Waals surface area contributed by atoms with Crippen LogP contribution in [-0.4, -0.2) is 6.61 Å². The summed E-state index contributed by atoms with van der Waals surface area (Å²) in [5.74, 6) is 0. The second kappa shape index (κ2) is 4.03. The van der Waals surface area contributed by atoms with Gasteiger partial charge in [-0.3, -0.25) is 9.05 Å². The molecular formula is C9H10ClO3P. The number of hydrogen-bond acceptors (Lipinski definition) is 3. The van der Waals surface area contributed by atoms with E-state index < -0.39 is 6.95 Å². The Morgan fingerprint density at radius 1 is 1.36 bits per heavy atom. The van der Waals surface area contributed by atoms with E-state index in [2.05, 4.69) is 0 Å². The van der Waals surface area contributed by atoms with Crippen molar-refractivity contribution in [2.24, 2.45) is 0 Å². The van der Waals surface area contributed by atoms with E-state index >= 15 is 0 Å². The monoisotopic (exact) mass is 232 g/mol. The third-order valence-electron chi connectivity index (χ3n) is 2.05. The minimum atomic E-state index is -3.34. The van der Waals surface area contributed by atoms with Gasteiger partial charge in [0.15, 0.2) is 0 Å². The molecular weight excluding hydrogens is 223 g/mol. The second-order valence-corrected chi connectivity index (χ2v) is 5.63. The molecule has 1 aliphatic rings. The normalized spacial score (nSPS) is 32.8. The Kier molecular flexibility index (Phi) is 2.93. The van der Waals surface area contributed by atoms with Gasteiger partial charge in [-0.15, -0.1) is 0 Å². The van der Waals surface area contributed by atoms with Gasteiger partial charge in [0.25, 0.3) is 0 Å². The van der Waals surface area contributed by atoms with E-state index in [0.717, 1.165) is 5.56 Å². The van der Waals surface area contributed by atoms with Crippen molar-refractivity contribution in [3.63, 3.8) is 0 Å². The van der Waals surface area contributed by atoms with Crippen molar-refractivity contribution in [1.29, 1.82) is 0 Å². The Balaban J connectivity index is 2.16. The first kappa shape index (κ1) is 10.2. The Labute approximate surface area is 87.3 Å². The summed E-state index contributed by atoms with van der Waals surface area (Å²) >= 11 is 5.53. The van der Waals surface area contributed by atoms with Crippen LogP contribution in [0.5, 0.6) is 0 Å². The van der Waals surface area contributed by atoms with Gasteiger partial charge >= 0.3 is 6.95 Å². The molecule has 2 atom stereocenters. The summed E-state index contributed by atoms with van der Waals surface area (Å²) < 4.78 is 21.3. The third-order valence-corrected chi connectivity index (χ3v) is 3.58. The predicted octanol–water partition coefficient (Wildman–Crippen LogP) is 3.51. The first-order valence-electron chi connectivity index (χ1n) is 4.35. The minimum absolute atomic E-state index is 0.215. The van der Waals surface area contributed by atoms with Crippen LogP contribution in [0.3, 0.4) is 0 Å². The van der Waals surface area contributed by atoms with Gasteiger partial charge in [0.1, 0.15) is 0 Å². The Morgan fingerprint density at radius 3 is 2.71 bits per heavy atom. The fourth-order valence-corrected chi connectivity index (χ4v) is 2.81. The fourth-order valence-electron chi connectivity index (χ4n) is 1.40. The van der Waals surface area contributed by atoms with Crippen molar-refractivity contribution >= 4 is 18.2 Å². The second-order valence-electron chi connectivity index (χ2n) is 3.06. The van der Waals surface area contributed by atoms with Crippen LogP contribution in [0.1, 0.15) is 18.1 Å². The molecule has 2 rings (SSSR count). The average Bonchev–Trinajstić information content (AvgIpc) is 2.18. The molecule has 14 heavy (non-hydrogen) atoms. The van der Waals surface area contributed by atoms with E-state index in [1.165, 1.54) is 0 Å². The van der Waals surface area contributed by atoms with E-state index in [0.29, 0.717) is 13.0 Å². The molecule has 0 saturated carbocycles. The van der Waals surface area contributed by atoms with Gasteiger partial charge in [-0.2, -0.15) is 0 Å². The zero-order valence-electron chi connectivity index (χ0n) is 7.43.